The van der Waals surface area contributed by atoms with E-state index in [9.17, 15) is 8.42 Å². The van der Waals surface area contributed by atoms with Crippen molar-refractivity contribution in [2.75, 3.05) is 10.6 Å². The second-order valence-electron chi connectivity index (χ2n) is 6.91. The molecule has 1 aromatic heterocycles. The quantitative estimate of drug-likeness (QED) is 0.488. The Morgan fingerprint density at radius 2 is 1.85 bits per heavy atom. The first-order chi connectivity index (χ1) is 12.7. The third-order valence-electron chi connectivity index (χ3n) is 4.52. The number of nitrogens with one attached hydrogen (secondary N) is 3. The molecule has 0 bridgehead atoms. The fourth-order valence-electron chi connectivity index (χ4n) is 2.63. The molecule has 5 N–H and O–H groups in total. The summed E-state index contributed by atoms with van der Waals surface area (Å²) in [4.78, 5) is 4.43. The molecule has 1 saturated carbocycles. The monoisotopic (exact) mass is 453 g/mol. The predicted molar refractivity (Wildman–Crippen MR) is 112 cm³/mol. The molecular formula is C18H24BrN5O2S. The molecule has 0 amide bonds. The average Bonchev–Trinajstić information content (AvgIpc) is 3.41. The molecule has 0 saturated heterocycles. The summed E-state index contributed by atoms with van der Waals surface area (Å²) in [6, 6.07) is 9.39. The first-order valence-electron chi connectivity index (χ1n) is 8.80. The molecule has 0 radical (unpaired) electrons. The average molecular weight is 454 g/mol. The number of benzene rings is 1. The SMILES string of the molecule is CC(Nc1cc(Nc2ccc(S(N)(=O)=O)cc2)ncc1Br)C(C)NC1CC1. The van der Waals surface area contributed by atoms with E-state index in [0.29, 0.717) is 17.9 Å². The number of nitrogens with zero attached hydrogens (tertiary/aromatic N) is 1. The van der Waals surface area contributed by atoms with Crippen LogP contribution in [0.3, 0.4) is 0 Å². The van der Waals surface area contributed by atoms with E-state index < -0.39 is 10.0 Å². The summed E-state index contributed by atoms with van der Waals surface area (Å²) >= 11 is 3.53. The Morgan fingerprint density at radius 1 is 1.19 bits per heavy atom. The van der Waals surface area contributed by atoms with E-state index in [1.807, 2.05) is 6.07 Å². The van der Waals surface area contributed by atoms with Crippen molar-refractivity contribution in [1.82, 2.24) is 10.3 Å². The largest absolute Gasteiger partial charge is 0.380 e. The highest BCUT2D eigenvalue weighted by Crippen LogP contribution is 2.27. The highest BCUT2D eigenvalue weighted by atomic mass is 79.9. The second kappa shape index (κ2) is 8.14. The molecule has 146 valence electrons. The summed E-state index contributed by atoms with van der Waals surface area (Å²) in [5.41, 5.74) is 1.66. The molecule has 0 spiro atoms. The summed E-state index contributed by atoms with van der Waals surface area (Å²) in [5.74, 6) is 0.652. The van der Waals surface area contributed by atoms with Crippen LogP contribution >= 0.6 is 15.9 Å². The zero-order valence-electron chi connectivity index (χ0n) is 15.2. The van der Waals surface area contributed by atoms with Crippen molar-refractivity contribution in [3.05, 3.63) is 41.0 Å². The lowest BCUT2D eigenvalue weighted by Gasteiger charge is -2.24. The van der Waals surface area contributed by atoms with Crippen LogP contribution in [0, 0.1) is 0 Å². The summed E-state index contributed by atoms with van der Waals surface area (Å²) in [6.07, 6.45) is 4.25. The molecular weight excluding hydrogens is 430 g/mol. The fraction of sp³-hybridized carbons (Fsp3) is 0.389. The molecule has 1 fully saturated rings. The molecule has 27 heavy (non-hydrogen) atoms. The van der Waals surface area contributed by atoms with Crippen molar-refractivity contribution < 1.29 is 8.42 Å². The Hall–Kier alpha value is -1.68. The van der Waals surface area contributed by atoms with Gasteiger partial charge in [-0.05, 0) is 66.9 Å². The lowest BCUT2D eigenvalue weighted by atomic mass is 10.1. The molecule has 2 unspecified atom stereocenters. The van der Waals surface area contributed by atoms with Crippen molar-refractivity contribution >= 4 is 43.1 Å². The number of aromatic nitrogens is 1. The smallest absolute Gasteiger partial charge is 0.238 e. The van der Waals surface area contributed by atoms with Crippen LogP contribution in [0.25, 0.3) is 0 Å². The Bertz CT molecular complexity index is 900. The van der Waals surface area contributed by atoms with E-state index in [2.05, 4.69) is 50.7 Å². The van der Waals surface area contributed by atoms with Gasteiger partial charge >= 0.3 is 0 Å². The Labute approximate surface area is 168 Å². The first-order valence-corrected chi connectivity index (χ1v) is 11.1. The van der Waals surface area contributed by atoms with E-state index in [0.717, 1.165) is 15.8 Å². The van der Waals surface area contributed by atoms with Crippen LogP contribution in [0.1, 0.15) is 26.7 Å². The van der Waals surface area contributed by atoms with Crippen LogP contribution in [-0.2, 0) is 10.0 Å². The maximum absolute atomic E-state index is 11.3. The standard InChI is InChI=1S/C18H24BrN5O2S/c1-11(22-13-3-4-13)12(2)23-17-9-18(21-10-16(17)19)24-14-5-7-15(8-6-14)27(20,25)26/h5-13,22H,3-4H2,1-2H3,(H2,20,25,26)(H2,21,23,24). The van der Waals surface area contributed by atoms with Crippen molar-refractivity contribution in [3.8, 4) is 0 Å². The van der Waals surface area contributed by atoms with Gasteiger partial charge in [-0.25, -0.2) is 18.5 Å². The maximum Gasteiger partial charge on any atom is 0.238 e. The highest BCUT2D eigenvalue weighted by molar-refractivity contribution is 9.10. The minimum Gasteiger partial charge on any atom is -0.380 e. The maximum atomic E-state index is 11.3. The third-order valence-corrected chi connectivity index (χ3v) is 6.08. The van der Waals surface area contributed by atoms with Crippen LogP contribution in [0.15, 0.2) is 45.9 Å². The van der Waals surface area contributed by atoms with E-state index in [-0.39, 0.29) is 10.9 Å². The number of pyridine rings is 1. The van der Waals surface area contributed by atoms with E-state index in [1.54, 1.807) is 18.3 Å². The molecule has 1 aromatic carbocycles. The lowest BCUT2D eigenvalue weighted by Crippen LogP contribution is -2.41. The zero-order chi connectivity index (χ0) is 19.6. The first kappa shape index (κ1) is 20.1. The molecule has 2 atom stereocenters. The molecule has 1 heterocycles. The summed E-state index contributed by atoms with van der Waals surface area (Å²) in [5, 5.41) is 15.4. The van der Waals surface area contributed by atoms with E-state index in [4.69, 9.17) is 5.14 Å². The predicted octanol–water partition coefficient (Wildman–Crippen LogP) is 3.18. The van der Waals surface area contributed by atoms with E-state index >= 15 is 0 Å². The van der Waals surface area contributed by atoms with Crippen LogP contribution in [0.4, 0.5) is 17.2 Å². The second-order valence-corrected chi connectivity index (χ2v) is 9.32. The van der Waals surface area contributed by atoms with Gasteiger partial charge in [-0.1, -0.05) is 0 Å². The van der Waals surface area contributed by atoms with Crippen molar-refractivity contribution in [2.24, 2.45) is 5.14 Å². The molecule has 2 aromatic rings. The molecule has 0 aliphatic heterocycles. The van der Waals surface area contributed by atoms with Gasteiger partial charge in [-0.2, -0.15) is 0 Å². The van der Waals surface area contributed by atoms with Gasteiger partial charge in [0.1, 0.15) is 5.82 Å². The number of primary sulfonamides is 1. The van der Waals surface area contributed by atoms with Gasteiger partial charge in [0, 0.05) is 36.1 Å². The summed E-state index contributed by atoms with van der Waals surface area (Å²) in [7, 11) is -3.70. The highest BCUT2D eigenvalue weighted by Gasteiger charge is 2.25. The minimum absolute atomic E-state index is 0.0742. The lowest BCUT2D eigenvalue weighted by molar-refractivity contribution is 0.495. The van der Waals surface area contributed by atoms with Gasteiger partial charge < -0.3 is 16.0 Å². The Kier molecular flexibility index (Phi) is 6.05. The number of rotatable bonds is 8. The van der Waals surface area contributed by atoms with Crippen molar-refractivity contribution in [3.63, 3.8) is 0 Å². The van der Waals surface area contributed by atoms with Gasteiger partial charge in [0.2, 0.25) is 10.0 Å². The fourth-order valence-corrected chi connectivity index (χ4v) is 3.48. The molecule has 3 rings (SSSR count). The molecule has 1 aliphatic rings. The molecule has 1 aliphatic carbocycles. The van der Waals surface area contributed by atoms with Crippen LogP contribution in [-0.4, -0.2) is 31.5 Å². The number of hydrogen-bond donors (Lipinski definition) is 4. The Balaban J connectivity index is 1.69. The topological polar surface area (TPSA) is 109 Å². The van der Waals surface area contributed by atoms with Gasteiger partial charge in [0.05, 0.1) is 15.1 Å². The normalized spacial score (nSPS) is 16.6. The van der Waals surface area contributed by atoms with Gasteiger partial charge in [0.15, 0.2) is 0 Å². The van der Waals surface area contributed by atoms with Gasteiger partial charge in [-0.15, -0.1) is 0 Å². The summed E-state index contributed by atoms with van der Waals surface area (Å²) < 4.78 is 23.6. The summed E-state index contributed by atoms with van der Waals surface area (Å²) in [6.45, 7) is 4.32. The third kappa shape index (κ3) is 5.65. The number of hydrogen-bond acceptors (Lipinski definition) is 6. The number of halogens is 1. The number of nitrogens with two attached hydrogens (primary N) is 1. The van der Waals surface area contributed by atoms with Crippen LogP contribution in [0.5, 0.6) is 0 Å². The van der Waals surface area contributed by atoms with Gasteiger partial charge in [0.25, 0.3) is 0 Å². The van der Waals surface area contributed by atoms with Crippen molar-refractivity contribution in [1.29, 1.82) is 0 Å². The van der Waals surface area contributed by atoms with Crippen LogP contribution < -0.4 is 21.1 Å². The molecule has 7 nitrogen and oxygen atoms in total. The van der Waals surface area contributed by atoms with Crippen molar-refractivity contribution in [2.45, 2.75) is 49.7 Å². The van der Waals surface area contributed by atoms with Crippen LogP contribution in [0.2, 0.25) is 0 Å². The minimum atomic E-state index is -3.70. The van der Waals surface area contributed by atoms with Gasteiger partial charge in [-0.3, -0.25) is 0 Å². The zero-order valence-corrected chi connectivity index (χ0v) is 17.6. The van der Waals surface area contributed by atoms with E-state index in [1.165, 1.54) is 25.0 Å². The molecule has 9 heteroatoms. The number of sulfonamides is 1. The Morgan fingerprint density at radius 3 is 2.44 bits per heavy atom. The number of anilines is 3.